The number of aryl methyl sites for hydroxylation is 1. The Balaban J connectivity index is 1.57. The number of ether oxygens (including phenoxy) is 2. The highest BCUT2D eigenvalue weighted by atomic mass is 32.1. The smallest absolute Gasteiger partial charge is 0.259 e. The maximum absolute atomic E-state index is 12.7. The summed E-state index contributed by atoms with van der Waals surface area (Å²) in [6.45, 7) is 3.41. The lowest BCUT2D eigenvalue weighted by Crippen LogP contribution is -2.36. The Bertz CT molecular complexity index is 1290. The number of thiophene rings is 1. The second-order valence-electron chi connectivity index (χ2n) is 7.63. The van der Waals surface area contributed by atoms with Gasteiger partial charge in [-0.05, 0) is 48.1 Å². The molecule has 0 amide bonds. The zero-order chi connectivity index (χ0) is 21.5. The van der Waals surface area contributed by atoms with Crippen molar-refractivity contribution in [3.05, 3.63) is 78.8 Å². The third kappa shape index (κ3) is 3.54. The van der Waals surface area contributed by atoms with E-state index < -0.39 is 0 Å². The molecular formula is C23H23N3O3S2. The van der Waals surface area contributed by atoms with Gasteiger partial charge in [0.2, 0.25) is 0 Å². The Kier molecular flexibility index (Phi) is 5.29. The monoisotopic (exact) mass is 453 g/mol. The molecule has 6 nitrogen and oxygen atoms in total. The molecule has 0 bridgehead atoms. The number of methoxy groups -OCH3 is 2. The molecular weight excluding hydrogens is 430 g/mol. The molecule has 1 unspecified atom stereocenters. The summed E-state index contributed by atoms with van der Waals surface area (Å²) in [6, 6.07) is 10.2. The van der Waals surface area contributed by atoms with Crippen molar-refractivity contribution < 1.29 is 9.47 Å². The van der Waals surface area contributed by atoms with Gasteiger partial charge in [-0.3, -0.25) is 14.1 Å². The molecule has 0 radical (unpaired) electrons. The third-order valence-electron chi connectivity index (χ3n) is 5.78. The first-order chi connectivity index (χ1) is 15.1. The fourth-order valence-electron chi connectivity index (χ4n) is 4.34. The van der Waals surface area contributed by atoms with Crippen LogP contribution in [0.4, 0.5) is 0 Å². The predicted molar refractivity (Wildman–Crippen MR) is 124 cm³/mol. The Hall–Kier alpha value is -2.68. The van der Waals surface area contributed by atoms with E-state index in [4.69, 9.17) is 14.5 Å². The highest BCUT2D eigenvalue weighted by molar-refractivity contribution is 7.15. The lowest BCUT2D eigenvalue weighted by molar-refractivity contribution is 0.203. The van der Waals surface area contributed by atoms with Crippen LogP contribution in [-0.4, -0.2) is 35.0 Å². The average Bonchev–Trinajstić information content (AvgIpc) is 3.43. The lowest BCUT2D eigenvalue weighted by Gasteiger charge is -2.37. The summed E-state index contributed by atoms with van der Waals surface area (Å²) in [4.78, 5) is 21.9. The predicted octanol–water partition coefficient (Wildman–Crippen LogP) is 4.29. The second-order valence-corrected chi connectivity index (χ2v) is 9.44. The number of aromatic nitrogens is 2. The molecule has 1 aliphatic heterocycles. The normalized spacial score (nSPS) is 16.4. The maximum atomic E-state index is 12.7. The van der Waals surface area contributed by atoms with Crippen molar-refractivity contribution in [3.63, 3.8) is 0 Å². The van der Waals surface area contributed by atoms with Gasteiger partial charge in [0, 0.05) is 35.1 Å². The van der Waals surface area contributed by atoms with Crippen LogP contribution in [0, 0.1) is 6.92 Å². The SMILES string of the molecule is COc1cc2c(cc1OC)C(c1cccs1)N(Cc1cc(=O)n3c(C)csc3n1)CC2. The van der Waals surface area contributed by atoms with Crippen molar-refractivity contribution in [3.8, 4) is 11.5 Å². The average molecular weight is 454 g/mol. The number of rotatable bonds is 5. The minimum absolute atomic E-state index is 0.0183. The highest BCUT2D eigenvalue weighted by Crippen LogP contribution is 2.42. The summed E-state index contributed by atoms with van der Waals surface area (Å²) in [5.41, 5.74) is 4.20. The van der Waals surface area contributed by atoms with Crippen LogP contribution in [0.3, 0.4) is 0 Å². The fourth-order valence-corrected chi connectivity index (χ4v) is 6.11. The Labute approximate surface area is 188 Å². The van der Waals surface area contributed by atoms with Crippen molar-refractivity contribution in [1.29, 1.82) is 0 Å². The zero-order valence-corrected chi connectivity index (χ0v) is 19.3. The Morgan fingerprint density at radius 2 is 1.97 bits per heavy atom. The van der Waals surface area contributed by atoms with E-state index in [1.165, 1.54) is 27.3 Å². The molecule has 0 aliphatic carbocycles. The molecule has 0 saturated heterocycles. The lowest BCUT2D eigenvalue weighted by atomic mass is 9.90. The molecule has 4 aromatic rings. The maximum Gasteiger partial charge on any atom is 0.259 e. The summed E-state index contributed by atoms with van der Waals surface area (Å²) >= 11 is 3.25. The molecule has 1 atom stereocenters. The van der Waals surface area contributed by atoms with Gasteiger partial charge in [-0.15, -0.1) is 22.7 Å². The van der Waals surface area contributed by atoms with Gasteiger partial charge < -0.3 is 9.47 Å². The number of fused-ring (bicyclic) bond motifs is 2. The van der Waals surface area contributed by atoms with E-state index in [0.29, 0.717) is 6.54 Å². The Morgan fingerprint density at radius 1 is 1.16 bits per heavy atom. The molecule has 0 fully saturated rings. The van der Waals surface area contributed by atoms with Gasteiger partial charge >= 0.3 is 0 Å². The van der Waals surface area contributed by atoms with Gasteiger partial charge in [-0.2, -0.15) is 0 Å². The van der Waals surface area contributed by atoms with Crippen LogP contribution in [0.2, 0.25) is 0 Å². The third-order valence-corrected chi connectivity index (χ3v) is 7.65. The molecule has 0 saturated carbocycles. The van der Waals surface area contributed by atoms with Gasteiger partial charge in [-0.25, -0.2) is 4.98 Å². The van der Waals surface area contributed by atoms with Crippen LogP contribution >= 0.6 is 22.7 Å². The van der Waals surface area contributed by atoms with E-state index >= 15 is 0 Å². The first kappa shape index (κ1) is 20.2. The number of nitrogens with zero attached hydrogens (tertiary/aromatic N) is 3. The van der Waals surface area contributed by atoms with Crippen molar-refractivity contribution in [2.45, 2.75) is 25.9 Å². The minimum atomic E-state index is -0.0183. The van der Waals surface area contributed by atoms with E-state index in [-0.39, 0.29) is 11.6 Å². The van der Waals surface area contributed by atoms with Crippen molar-refractivity contribution in [2.24, 2.45) is 0 Å². The summed E-state index contributed by atoms with van der Waals surface area (Å²) in [7, 11) is 3.34. The number of hydrogen-bond acceptors (Lipinski definition) is 7. The first-order valence-corrected chi connectivity index (χ1v) is 11.8. The second kappa shape index (κ2) is 8.11. The van der Waals surface area contributed by atoms with Crippen molar-refractivity contribution in [1.82, 2.24) is 14.3 Å². The van der Waals surface area contributed by atoms with Gasteiger partial charge in [-0.1, -0.05) is 6.07 Å². The quantitative estimate of drug-likeness (QED) is 0.451. The van der Waals surface area contributed by atoms with E-state index in [2.05, 4.69) is 34.5 Å². The topological polar surface area (TPSA) is 56.1 Å². The number of benzene rings is 1. The van der Waals surface area contributed by atoms with Crippen LogP contribution in [-0.2, 0) is 13.0 Å². The number of thiazole rings is 1. The summed E-state index contributed by atoms with van der Waals surface area (Å²) < 4.78 is 12.8. The van der Waals surface area contributed by atoms with E-state index in [1.54, 1.807) is 36.0 Å². The van der Waals surface area contributed by atoms with Gasteiger partial charge in [0.25, 0.3) is 5.56 Å². The molecule has 0 spiro atoms. The van der Waals surface area contributed by atoms with Crippen LogP contribution < -0.4 is 15.0 Å². The molecule has 1 aromatic carbocycles. The summed E-state index contributed by atoms with van der Waals surface area (Å²) in [5, 5.41) is 4.08. The molecule has 0 N–H and O–H groups in total. The largest absolute Gasteiger partial charge is 0.493 e. The summed E-state index contributed by atoms with van der Waals surface area (Å²) in [6.07, 6.45) is 0.900. The van der Waals surface area contributed by atoms with Gasteiger partial charge in [0.15, 0.2) is 16.5 Å². The van der Waals surface area contributed by atoms with Gasteiger partial charge in [0.1, 0.15) is 0 Å². The molecule has 3 aromatic heterocycles. The van der Waals surface area contributed by atoms with Crippen molar-refractivity contribution in [2.75, 3.05) is 20.8 Å². The summed E-state index contributed by atoms with van der Waals surface area (Å²) in [5.74, 6) is 1.49. The van der Waals surface area contributed by atoms with E-state index in [1.807, 2.05) is 12.3 Å². The minimum Gasteiger partial charge on any atom is -0.493 e. The van der Waals surface area contributed by atoms with Crippen LogP contribution in [0.15, 0.2) is 45.9 Å². The van der Waals surface area contributed by atoms with Crippen LogP contribution in [0.1, 0.15) is 33.4 Å². The molecule has 8 heteroatoms. The van der Waals surface area contributed by atoms with Crippen molar-refractivity contribution >= 4 is 27.6 Å². The first-order valence-electron chi connectivity index (χ1n) is 10.1. The zero-order valence-electron chi connectivity index (χ0n) is 17.6. The van der Waals surface area contributed by atoms with Crippen LogP contribution in [0.25, 0.3) is 4.96 Å². The standard InChI is InChI=1S/C23H23N3O3S2/c1-14-13-31-23-24-16(10-21(27)26(14)23)12-25-7-6-15-9-18(28-2)19(29-3)11-17(15)22(25)20-5-4-8-30-20/h4-5,8-11,13,22H,6-7,12H2,1-3H3. The Morgan fingerprint density at radius 3 is 2.71 bits per heavy atom. The molecule has 31 heavy (non-hydrogen) atoms. The van der Waals surface area contributed by atoms with Gasteiger partial charge in [0.05, 0.1) is 26.0 Å². The molecule has 1 aliphatic rings. The highest BCUT2D eigenvalue weighted by Gasteiger charge is 2.31. The van der Waals surface area contributed by atoms with Crippen LogP contribution in [0.5, 0.6) is 11.5 Å². The molecule has 160 valence electrons. The number of hydrogen-bond donors (Lipinski definition) is 0. The van der Waals surface area contributed by atoms with E-state index in [0.717, 1.165) is 40.8 Å². The fraction of sp³-hybridized carbons (Fsp3) is 0.304. The van der Waals surface area contributed by atoms with E-state index in [9.17, 15) is 4.79 Å². The molecule has 5 rings (SSSR count). The molecule has 4 heterocycles.